The van der Waals surface area contributed by atoms with Crippen LogP contribution in [0.1, 0.15) is 19.3 Å². The van der Waals surface area contributed by atoms with E-state index in [0.717, 1.165) is 26.1 Å². The molecule has 0 heterocycles. The summed E-state index contributed by atoms with van der Waals surface area (Å²) in [6.45, 7) is 2.96. The van der Waals surface area contributed by atoms with Gasteiger partial charge in [0.2, 0.25) is 5.91 Å². The van der Waals surface area contributed by atoms with Crippen LogP contribution in [0.25, 0.3) is 0 Å². The predicted octanol–water partition coefficient (Wildman–Crippen LogP) is -0.524. The Bertz CT molecular complexity index is 241. The number of nitrogens with one attached hydrogen (secondary N) is 1. The maximum absolute atomic E-state index is 11.3. The van der Waals surface area contributed by atoms with Crippen LogP contribution in [0.2, 0.25) is 0 Å². The topological polar surface area (TPSA) is 61.6 Å². The molecular weight excluding hydrogens is 216 g/mol. The molecule has 1 atom stereocenters. The summed E-state index contributed by atoms with van der Waals surface area (Å²) in [6, 6.07) is 0.365. The summed E-state index contributed by atoms with van der Waals surface area (Å²) in [5.41, 5.74) is 5.39. The fourth-order valence-electron chi connectivity index (χ4n) is 1.67. The molecule has 0 saturated heterocycles. The zero-order valence-corrected chi connectivity index (χ0v) is 11.3. The van der Waals surface area contributed by atoms with E-state index in [1.807, 2.05) is 0 Å². The lowest BCUT2D eigenvalue weighted by molar-refractivity contribution is -0.120. The first-order valence-electron chi connectivity index (χ1n) is 6.37. The molecule has 0 bridgehead atoms. The minimum Gasteiger partial charge on any atom is -0.368 e. The van der Waals surface area contributed by atoms with Gasteiger partial charge < -0.3 is 20.9 Å². The number of hydrogen-bond acceptors (Lipinski definition) is 4. The van der Waals surface area contributed by atoms with Gasteiger partial charge >= 0.3 is 0 Å². The second kappa shape index (κ2) is 6.93. The monoisotopic (exact) mass is 242 g/mol. The highest BCUT2D eigenvalue weighted by molar-refractivity contribution is 5.79. The van der Waals surface area contributed by atoms with Crippen molar-refractivity contribution >= 4 is 5.91 Å². The number of primary amides is 1. The molecule has 1 aliphatic carbocycles. The molecule has 1 rings (SSSR count). The fourth-order valence-corrected chi connectivity index (χ4v) is 1.67. The van der Waals surface area contributed by atoms with Crippen LogP contribution in [0.3, 0.4) is 0 Å². The van der Waals surface area contributed by atoms with Crippen molar-refractivity contribution in [3.63, 3.8) is 0 Å². The normalized spacial score (nSPS) is 17.7. The Morgan fingerprint density at radius 1 is 1.29 bits per heavy atom. The minimum absolute atomic E-state index is 0.163. The molecule has 0 aromatic rings. The number of rotatable bonds is 9. The number of nitrogens with two attached hydrogens (primary N) is 1. The van der Waals surface area contributed by atoms with Crippen molar-refractivity contribution < 1.29 is 4.79 Å². The molecule has 0 spiro atoms. The summed E-state index contributed by atoms with van der Waals surface area (Å²) in [4.78, 5) is 15.7. The molecule has 0 aromatic heterocycles. The Kier molecular flexibility index (Phi) is 5.88. The van der Waals surface area contributed by atoms with Crippen LogP contribution in [0.4, 0.5) is 0 Å². The Labute approximate surface area is 104 Å². The van der Waals surface area contributed by atoms with Gasteiger partial charge in [-0.3, -0.25) is 4.79 Å². The van der Waals surface area contributed by atoms with Crippen molar-refractivity contribution in [2.75, 3.05) is 40.8 Å². The summed E-state index contributed by atoms with van der Waals surface area (Å²) in [5, 5.41) is 3.30. The Hall–Kier alpha value is -0.650. The van der Waals surface area contributed by atoms with Gasteiger partial charge in [0.1, 0.15) is 0 Å². The van der Waals surface area contributed by atoms with E-state index in [4.69, 9.17) is 5.73 Å². The zero-order valence-electron chi connectivity index (χ0n) is 11.3. The van der Waals surface area contributed by atoms with Gasteiger partial charge in [-0.25, -0.2) is 0 Å². The van der Waals surface area contributed by atoms with Crippen molar-refractivity contribution in [2.24, 2.45) is 5.73 Å². The summed E-state index contributed by atoms with van der Waals surface area (Å²) in [7, 11) is 6.21. The van der Waals surface area contributed by atoms with Crippen LogP contribution in [0.15, 0.2) is 0 Å². The highest BCUT2D eigenvalue weighted by Crippen LogP contribution is 2.19. The number of carbonyl (C=O) groups is 1. The number of likely N-dealkylation sites (N-methyl/N-ethyl adjacent to an activating group) is 2. The third-order valence-corrected chi connectivity index (χ3v) is 3.09. The predicted molar refractivity (Wildman–Crippen MR) is 69.8 cm³/mol. The van der Waals surface area contributed by atoms with E-state index in [1.165, 1.54) is 12.8 Å². The summed E-state index contributed by atoms with van der Waals surface area (Å²) in [6.07, 6.45) is 3.16. The van der Waals surface area contributed by atoms with E-state index in [9.17, 15) is 4.79 Å². The van der Waals surface area contributed by atoms with Crippen molar-refractivity contribution in [3.05, 3.63) is 0 Å². The highest BCUT2D eigenvalue weighted by atomic mass is 16.1. The van der Waals surface area contributed by atoms with Crippen LogP contribution in [0.5, 0.6) is 0 Å². The summed E-state index contributed by atoms with van der Waals surface area (Å²) < 4.78 is 0. The number of carbonyl (C=O) groups excluding carboxylic acids is 1. The third-order valence-electron chi connectivity index (χ3n) is 3.09. The molecule has 0 aliphatic heterocycles. The van der Waals surface area contributed by atoms with E-state index in [-0.39, 0.29) is 11.9 Å². The van der Waals surface area contributed by atoms with Crippen LogP contribution in [-0.4, -0.2) is 68.6 Å². The molecular formula is C12H26N4O. The van der Waals surface area contributed by atoms with Gasteiger partial charge in [-0.2, -0.15) is 0 Å². The van der Waals surface area contributed by atoms with E-state index in [1.54, 1.807) is 0 Å². The van der Waals surface area contributed by atoms with Crippen LogP contribution >= 0.6 is 0 Å². The second-order valence-electron chi connectivity index (χ2n) is 5.29. The maximum atomic E-state index is 11.3. The SMILES string of the molecule is CN(C)CCN(C)CCC(NC1CC1)C(N)=O. The van der Waals surface area contributed by atoms with Crippen molar-refractivity contribution in [3.8, 4) is 0 Å². The van der Waals surface area contributed by atoms with E-state index in [2.05, 4.69) is 36.3 Å². The maximum Gasteiger partial charge on any atom is 0.234 e. The molecule has 100 valence electrons. The molecule has 1 amide bonds. The molecule has 3 N–H and O–H groups in total. The van der Waals surface area contributed by atoms with E-state index in [0.29, 0.717) is 6.04 Å². The van der Waals surface area contributed by atoms with Gasteiger partial charge in [0.15, 0.2) is 0 Å². The molecule has 0 aromatic carbocycles. The Balaban J connectivity index is 2.18. The first kappa shape index (κ1) is 14.4. The van der Waals surface area contributed by atoms with Crippen LogP contribution in [-0.2, 0) is 4.79 Å². The molecule has 1 fully saturated rings. The lowest BCUT2D eigenvalue weighted by Crippen LogP contribution is -2.44. The average Bonchev–Trinajstić information content (AvgIpc) is 3.04. The smallest absolute Gasteiger partial charge is 0.234 e. The molecule has 0 radical (unpaired) electrons. The zero-order chi connectivity index (χ0) is 12.8. The summed E-state index contributed by atoms with van der Waals surface area (Å²) >= 11 is 0. The van der Waals surface area contributed by atoms with Gasteiger partial charge in [-0.15, -0.1) is 0 Å². The minimum atomic E-state index is -0.224. The number of amides is 1. The molecule has 5 heteroatoms. The first-order valence-corrected chi connectivity index (χ1v) is 6.37. The van der Waals surface area contributed by atoms with Crippen LogP contribution in [0, 0.1) is 0 Å². The molecule has 1 aliphatic rings. The fraction of sp³-hybridized carbons (Fsp3) is 0.917. The van der Waals surface area contributed by atoms with Crippen molar-refractivity contribution in [1.29, 1.82) is 0 Å². The lowest BCUT2D eigenvalue weighted by Gasteiger charge is -2.22. The van der Waals surface area contributed by atoms with Crippen LogP contribution < -0.4 is 11.1 Å². The third kappa shape index (κ3) is 6.61. The Morgan fingerprint density at radius 2 is 1.94 bits per heavy atom. The molecule has 1 saturated carbocycles. The largest absolute Gasteiger partial charge is 0.368 e. The van der Waals surface area contributed by atoms with Gasteiger partial charge in [0.05, 0.1) is 6.04 Å². The van der Waals surface area contributed by atoms with Gasteiger partial charge in [0, 0.05) is 19.1 Å². The van der Waals surface area contributed by atoms with Gasteiger partial charge in [-0.1, -0.05) is 0 Å². The standard InChI is InChI=1S/C12H26N4O/c1-15(2)8-9-16(3)7-6-11(12(13)17)14-10-4-5-10/h10-11,14H,4-9H2,1-3H3,(H2,13,17). The average molecular weight is 242 g/mol. The van der Waals surface area contributed by atoms with Crippen molar-refractivity contribution in [1.82, 2.24) is 15.1 Å². The quantitative estimate of drug-likeness (QED) is 0.571. The molecule has 5 nitrogen and oxygen atoms in total. The first-order chi connectivity index (χ1) is 7.99. The molecule has 17 heavy (non-hydrogen) atoms. The van der Waals surface area contributed by atoms with Gasteiger partial charge in [-0.05, 0) is 47.0 Å². The molecule has 1 unspecified atom stereocenters. The number of hydrogen-bond donors (Lipinski definition) is 2. The van der Waals surface area contributed by atoms with E-state index >= 15 is 0 Å². The summed E-state index contributed by atoms with van der Waals surface area (Å²) in [5.74, 6) is -0.224. The second-order valence-corrected chi connectivity index (χ2v) is 5.29. The lowest BCUT2D eigenvalue weighted by atomic mass is 10.2. The van der Waals surface area contributed by atoms with Crippen molar-refractivity contribution in [2.45, 2.75) is 31.3 Å². The highest BCUT2D eigenvalue weighted by Gasteiger charge is 2.27. The van der Waals surface area contributed by atoms with Gasteiger partial charge in [0.25, 0.3) is 0 Å². The Morgan fingerprint density at radius 3 is 2.41 bits per heavy atom. The van der Waals surface area contributed by atoms with E-state index < -0.39 is 0 Å². The number of nitrogens with zero attached hydrogens (tertiary/aromatic N) is 2.